The second-order valence-corrected chi connectivity index (χ2v) is 5.38. The van der Waals surface area contributed by atoms with Crippen LogP contribution in [-0.4, -0.2) is 10.1 Å². The van der Waals surface area contributed by atoms with Gasteiger partial charge in [0.05, 0.1) is 16.8 Å². The molecule has 0 amide bonds. The van der Waals surface area contributed by atoms with Crippen LogP contribution in [0, 0.1) is 6.92 Å². The highest BCUT2D eigenvalue weighted by Crippen LogP contribution is 2.30. The first-order chi connectivity index (χ1) is 8.76. The van der Waals surface area contributed by atoms with E-state index in [1.165, 1.54) is 5.56 Å². The third-order valence-electron chi connectivity index (χ3n) is 2.93. The fourth-order valence-corrected chi connectivity index (χ4v) is 2.92. The molecule has 0 unspecified atom stereocenters. The highest BCUT2D eigenvalue weighted by Gasteiger charge is 2.06. The van der Waals surface area contributed by atoms with Crippen LogP contribution in [0.3, 0.4) is 0 Å². The summed E-state index contributed by atoms with van der Waals surface area (Å²) in [6.07, 6.45) is 0. The smallest absolute Gasteiger partial charge is 0.124 e. The maximum absolute atomic E-state index is 9.14. The number of thiazole rings is 1. The highest BCUT2D eigenvalue weighted by molar-refractivity contribution is 7.21. The van der Waals surface area contributed by atoms with Crippen LogP contribution in [0.15, 0.2) is 42.5 Å². The Morgan fingerprint density at radius 3 is 2.61 bits per heavy atom. The summed E-state index contributed by atoms with van der Waals surface area (Å²) in [4.78, 5) is 4.62. The van der Waals surface area contributed by atoms with Gasteiger partial charge in [-0.05, 0) is 24.6 Å². The molecule has 0 aliphatic rings. The lowest BCUT2D eigenvalue weighted by atomic mass is 10.2. The van der Waals surface area contributed by atoms with Crippen molar-refractivity contribution in [1.82, 2.24) is 4.98 Å². The number of hydrogen-bond acceptors (Lipinski definition) is 3. The Labute approximate surface area is 110 Å². The normalized spacial score (nSPS) is 11.0. The van der Waals surface area contributed by atoms with Crippen LogP contribution in [0.2, 0.25) is 0 Å². The van der Waals surface area contributed by atoms with Crippen LogP contribution in [0.5, 0.6) is 0 Å². The topological polar surface area (TPSA) is 33.1 Å². The number of hydrogen-bond donors (Lipinski definition) is 1. The van der Waals surface area contributed by atoms with Crippen molar-refractivity contribution in [3.05, 3.63) is 53.6 Å². The van der Waals surface area contributed by atoms with Crippen molar-refractivity contribution in [2.45, 2.75) is 13.5 Å². The van der Waals surface area contributed by atoms with Gasteiger partial charge >= 0.3 is 0 Å². The van der Waals surface area contributed by atoms with E-state index >= 15 is 0 Å². The molecule has 0 saturated heterocycles. The number of benzene rings is 2. The van der Waals surface area contributed by atoms with E-state index in [-0.39, 0.29) is 6.61 Å². The summed E-state index contributed by atoms with van der Waals surface area (Å²) in [6, 6.07) is 14.3. The summed E-state index contributed by atoms with van der Waals surface area (Å²) in [6.45, 7) is 2.16. The quantitative estimate of drug-likeness (QED) is 0.756. The van der Waals surface area contributed by atoms with Gasteiger partial charge in [-0.15, -0.1) is 11.3 Å². The van der Waals surface area contributed by atoms with Gasteiger partial charge in [0.25, 0.3) is 0 Å². The van der Waals surface area contributed by atoms with E-state index in [9.17, 15) is 0 Å². The Bertz CT molecular complexity index is 685. The van der Waals surface area contributed by atoms with E-state index in [4.69, 9.17) is 5.11 Å². The van der Waals surface area contributed by atoms with Gasteiger partial charge in [0.1, 0.15) is 5.01 Å². The minimum Gasteiger partial charge on any atom is -0.392 e. The molecule has 0 aliphatic carbocycles. The average molecular weight is 255 g/mol. The molecule has 0 atom stereocenters. The molecule has 1 N–H and O–H groups in total. The fraction of sp³-hybridized carbons (Fsp3) is 0.133. The van der Waals surface area contributed by atoms with Gasteiger partial charge in [-0.25, -0.2) is 4.98 Å². The van der Waals surface area contributed by atoms with Gasteiger partial charge in [-0.3, -0.25) is 0 Å². The molecular weight excluding hydrogens is 242 g/mol. The maximum atomic E-state index is 9.14. The zero-order valence-electron chi connectivity index (χ0n) is 10.1. The number of aliphatic hydroxyl groups is 1. The number of aromatic nitrogens is 1. The van der Waals surface area contributed by atoms with Gasteiger partial charge in [0, 0.05) is 5.56 Å². The molecule has 1 heterocycles. The number of aliphatic hydroxyl groups excluding tert-OH is 1. The zero-order valence-corrected chi connectivity index (χ0v) is 10.9. The van der Waals surface area contributed by atoms with Crippen LogP contribution in [0.1, 0.15) is 11.1 Å². The summed E-state index contributed by atoms with van der Waals surface area (Å²) < 4.78 is 1.12. The van der Waals surface area contributed by atoms with Crippen molar-refractivity contribution >= 4 is 21.6 Å². The molecule has 2 aromatic carbocycles. The second kappa shape index (κ2) is 4.52. The van der Waals surface area contributed by atoms with Crippen molar-refractivity contribution in [3.8, 4) is 10.6 Å². The first-order valence-electron chi connectivity index (χ1n) is 5.83. The van der Waals surface area contributed by atoms with Gasteiger partial charge in [-0.1, -0.05) is 35.9 Å². The molecule has 0 spiro atoms. The Hall–Kier alpha value is -1.71. The fourth-order valence-electron chi connectivity index (χ4n) is 1.89. The van der Waals surface area contributed by atoms with Crippen molar-refractivity contribution < 1.29 is 5.11 Å². The zero-order chi connectivity index (χ0) is 12.5. The van der Waals surface area contributed by atoms with Gasteiger partial charge in [0.15, 0.2) is 0 Å². The molecule has 0 fully saturated rings. The lowest BCUT2D eigenvalue weighted by Gasteiger charge is -1.95. The van der Waals surface area contributed by atoms with Crippen LogP contribution < -0.4 is 0 Å². The molecular formula is C15H13NOS. The monoisotopic (exact) mass is 255 g/mol. The second-order valence-electron chi connectivity index (χ2n) is 4.35. The molecule has 0 bridgehead atoms. The first kappa shape index (κ1) is 11.4. The summed E-state index contributed by atoms with van der Waals surface area (Å²) >= 11 is 1.66. The predicted octanol–water partition coefficient (Wildman–Crippen LogP) is 3.76. The molecule has 3 heteroatoms. The number of nitrogens with zero attached hydrogens (tertiary/aromatic N) is 1. The molecule has 3 aromatic rings. The number of rotatable bonds is 2. The first-order valence-corrected chi connectivity index (χ1v) is 6.65. The van der Waals surface area contributed by atoms with Crippen molar-refractivity contribution in [2.75, 3.05) is 0 Å². The third-order valence-corrected chi connectivity index (χ3v) is 4.00. The average Bonchev–Trinajstić information content (AvgIpc) is 2.82. The summed E-state index contributed by atoms with van der Waals surface area (Å²) in [5.41, 5.74) is 4.32. The SMILES string of the molecule is Cc1ccc(-c2nc3ccc(CO)cc3s2)cc1. The Kier molecular flexibility index (Phi) is 2.86. The van der Waals surface area contributed by atoms with E-state index in [1.807, 2.05) is 18.2 Å². The third kappa shape index (κ3) is 2.03. The van der Waals surface area contributed by atoms with Crippen molar-refractivity contribution in [1.29, 1.82) is 0 Å². The van der Waals surface area contributed by atoms with Gasteiger partial charge in [-0.2, -0.15) is 0 Å². The lowest BCUT2D eigenvalue weighted by molar-refractivity contribution is 0.282. The summed E-state index contributed by atoms with van der Waals surface area (Å²) in [5.74, 6) is 0. The summed E-state index contributed by atoms with van der Waals surface area (Å²) in [7, 11) is 0. The lowest BCUT2D eigenvalue weighted by Crippen LogP contribution is -1.80. The van der Waals surface area contributed by atoms with Crippen molar-refractivity contribution in [3.63, 3.8) is 0 Å². The van der Waals surface area contributed by atoms with Crippen LogP contribution in [-0.2, 0) is 6.61 Å². The van der Waals surface area contributed by atoms with E-state index in [0.29, 0.717) is 0 Å². The molecule has 0 aliphatic heterocycles. The minimum absolute atomic E-state index is 0.0771. The molecule has 3 rings (SSSR count). The molecule has 0 saturated carbocycles. The van der Waals surface area contributed by atoms with Crippen LogP contribution in [0.25, 0.3) is 20.8 Å². The standard InChI is InChI=1S/C15H13NOS/c1-10-2-5-12(6-3-10)15-16-13-7-4-11(9-17)8-14(13)18-15/h2-8,17H,9H2,1H3. The highest BCUT2D eigenvalue weighted by atomic mass is 32.1. The van der Waals surface area contributed by atoms with Crippen LogP contribution in [0.4, 0.5) is 0 Å². The number of aryl methyl sites for hydroxylation is 1. The minimum atomic E-state index is 0.0771. The van der Waals surface area contributed by atoms with E-state index in [1.54, 1.807) is 11.3 Å². The molecule has 2 nitrogen and oxygen atoms in total. The Balaban J connectivity index is 2.10. The molecule has 18 heavy (non-hydrogen) atoms. The van der Waals surface area contributed by atoms with E-state index < -0.39 is 0 Å². The largest absolute Gasteiger partial charge is 0.392 e. The van der Waals surface area contributed by atoms with Gasteiger partial charge in [0.2, 0.25) is 0 Å². The summed E-state index contributed by atoms with van der Waals surface area (Å²) in [5, 5.41) is 10.2. The van der Waals surface area contributed by atoms with Gasteiger partial charge < -0.3 is 5.11 Å². The van der Waals surface area contributed by atoms with E-state index in [2.05, 4.69) is 36.2 Å². The maximum Gasteiger partial charge on any atom is 0.124 e. The Morgan fingerprint density at radius 2 is 1.89 bits per heavy atom. The predicted molar refractivity (Wildman–Crippen MR) is 75.7 cm³/mol. The molecule has 0 radical (unpaired) electrons. The van der Waals surface area contributed by atoms with Crippen LogP contribution >= 0.6 is 11.3 Å². The molecule has 1 aromatic heterocycles. The Morgan fingerprint density at radius 1 is 1.11 bits per heavy atom. The molecule has 90 valence electrons. The van der Waals surface area contributed by atoms with Crippen molar-refractivity contribution in [2.24, 2.45) is 0 Å². The van der Waals surface area contributed by atoms with E-state index in [0.717, 1.165) is 26.4 Å². The number of fused-ring (bicyclic) bond motifs is 1.